The van der Waals surface area contributed by atoms with Crippen LogP contribution in [0.25, 0.3) is 4.96 Å². The molecule has 0 unspecified atom stereocenters. The highest BCUT2D eigenvalue weighted by Crippen LogP contribution is 2.31. The molecule has 2 aromatic rings. The number of fused-ring (bicyclic) bond motifs is 1. The smallest absolute Gasteiger partial charge is 0.214 e. The number of hydrogen-bond acceptors (Lipinski definition) is 5. The van der Waals surface area contributed by atoms with Crippen LogP contribution in [0.15, 0.2) is 6.20 Å². The molecular weight excluding hydrogens is 272 g/mol. The molecule has 1 N–H and O–H groups in total. The minimum Gasteiger partial charge on any atom is -0.393 e. The molecular formula is C14H22N4OS. The molecule has 0 aliphatic heterocycles. The summed E-state index contributed by atoms with van der Waals surface area (Å²) < 4.78 is 1.88. The molecule has 6 heteroatoms. The average molecular weight is 294 g/mol. The Labute approximate surface area is 123 Å². The lowest BCUT2D eigenvalue weighted by Gasteiger charge is -2.34. The van der Waals surface area contributed by atoms with E-state index in [0.717, 1.165) is 35.2 Å². The first-order valence-corrected chi connectivity index (χ1v) is 7.90. The van der Waals surface area contributed by atoms with Gasteiger partial charge in [0.25, 0.3) is 0 Å². The van der Waals surface area contributed by atoms with Crippen LogP contribution in [0, 0.1) is 5.92 Å². The number of imidazole rings is 1. The van der Waals surface area contributed by atoms with Gasteiger partial charge in [-0.2, -0.15) is 0 Å². The van der Waals surface area contributed by atoms with Crippen molar-refractivity contribution in [2.45, 2.75) is 45.1 Å². The number of aliphatic hydroxyl groups excluding tert-OH is 1. The van der Waals surface area contributed by atoms with Crippen LogP contribution >= 0.6 is 11.3 Å². The van der Waals surface area contributed by atoms with Crippen molar-refractivity contribution in [3.8, 4) is 0 Å². The highest BCUT2D eigenvalue weighted by atomic mass is 32.1. The highest BCUT2D eigenvalue weighted by Gasteiger charge is 2.29. The van der Waals surface area contributed by atoms with Crippen LogP contribution in [0.2, 0.25) is 0 Å². The maximum atomic E-state index is 9.34. The van der Waals surface area contributed by atoms with Crippen LogP contribution in [-0.4, -0.2) is 39.4 Å². The molecule has 1 aliphatic rings. The molecule has 20 heavy (non-hydrogen) atoms. The Morgan fingerprint density at radius 3 is 2.70 bits per heavy atom. The second-order valence-corrected chi connectivity index (χ2v) is 7.79. The van der Waals surface area contributed by atoms with Gasteiger partial charge in [-0.3, -0.25) is 0 Å². The number of hydrogen-bond donors (Lipinski definition) is 1. The zero-order valence-corrected chi connectivity index (χ0v) is 13.3. The van der Waals surface area contributed by atoms with E-state index in [4.69, 9.17) is 0 Å². The zero-order chi connectivity index (χ0) is 14.5. The van der Waals surface area contributed by atoms with Crippen molar-refractivity contribution in [3.63, 3.8) is 0 Å². The summed E-state index contributed by atoms with van der Waals surface area (Å²) in [5, 5.41) is 15.0. The molecule has 0 saturated heterocycles. The van der Waals surface area contributed by atoms with Gasteiger partial charge in [-0.05, 0) is 18.8 Å². The van der Waals surface area contributed by atoms with E-state index in [1.807, 2.05) is 10.7 Å². The van der Waals surface area contributed by atoms with E-state index in [-0.39, 0.29) is 11.5 Å². The molecule has 0 bridgehead atoms. The van der Waals surface area contributed by atoms with Crippen LogP contribution in [0.5, 0.6) is 0 Å². The summed E-state index contributed by atoms with van der Waals surface area (Å²) in [4.78, 5) is 7.79. The maximum absolute atomic E-state index is 9.34. The minimum atomic E-state index is -0.0867. The molecule has 0 amide bonds. The molecule has 0 spiro atoms. The van der Waals surface area contributed by atoms with Crippen molar-refractivity contribution < 1.29 is 5.11 Å². The summed E-state index contributed by atoms with van der Waals surface area (Å²) in [5.74, 6) is 0.594. The lowest BCUT2D eigenvalue weighted by Crippen LogP contribution is -2.37. The molecule has 0 aromatic carbocycles. The lowest BCUT2D eigenvalue weighted by molar-refractivity contribution is 0.0464. The quantitative estimate of drug-likeness (QED) is 0.943. The highest BCUT2D eigenvalue weighted by molar-refractivity contribution is 7.20. The summed E-state index contributed by atoms with van der Waals surface area (Å²) in [6.45, 7) is 7.44. The first-order chi connectivity index (χ1) is 9.33. The molecule has 1 aliphatic carbocycles. The molecule has 1 saturated carbocycles. The molecule has 3 rings (SSSR count). The molecule has 0 atom stereocenters. The molecule has 110 valence electrons. The van der Waals surface area contributed by atoms with Gasteiger partial charge in [0.1, 0.15) is 0 Å². The van der Waals surface area contributed by atoms with Crippen LogP contribution < -0.4 is 4.90 Å². The summed E-state index contributed by atoms with van der Waals surface area (Å²) in [7, 11) is 2.06. The van der Waals surface area contributed by atoms with Crippen molar-refractivity contribution in [1.82, 2.24) is 14.6 Å². The van der Waals surface area contributed by atoms with Gasteiger partial charge in [0.2, 0.25) is 10.1 Å². The van der Waals surface area contributed by atoms with Crippen molar-refractivity contribution in [3.05, 3.63) is 11.9 Å². The number of nitrogens with zero attached hydrogens (tertiary/aromatic N) is 4. The topological polar surface area (TPSA) is 53.7 Å². The Kier molecular flexibility index (Phi) is 3.25. The van der Waals surface area contributed by atoms with Gasteiger partial charge in [0, 0.05) is 19.0 Å². The summed E-state index contributed by atoms with van der Waals surface area (Å²) in [6.07, 6.45) is 3.77. The van der Waals surface area contributed by atoms with Gasteiger partial charge in [0.15, 0.2) is 0 Å². The SMILES string of the molecule is CN(CC1CC(O)C1)c1nn2cc(C(C)(C)C)nc2s1. The van der Waals surface area contributed by atoms with Crippen LogP contribution in [0.4, 0.5) is 5.13 Å². The summed E-state index contributed by atoms with van der Waals surface area (Å²) >= 11 is 1.62. The third kappa shape index (κ3) is 2.54. The summed E-state index contributed by atoms with van der Waals surface area (Å²) in [5.41, 5.74) is 1.13. The second kappa shape index (κ2) is 4.70. The zero-order valence-electron chi connectivity index (χ0n) is 12.5. The number of aromatic nitrogens is 3. The average Bonchev–Trinajstić information content (AvgIpc) is 2.82. The van der Waals surface area contributed by atoms with E-state index in [0.29, 0.717) is 5.92 Å². The van der Waals surface area contributed by atoms with E-state index in [9.17, 15) is 5.11 Å². The molecule has 0 radical (unpaired) electrons. The van der Waals surface area contributed by atoms with Crippen LogP contribution in [0.1, 0.15) is 39.3 Å². The maximum Gasteiger partial charge on any atom is 0.214 e. The predicted octanol–water partition coefficient (Wildman–Crippen LogP) is 2.30. The number of aliphatic hydroxyl groups is 1. The van der Waals surface area contributed by atoms with Gasteiger partial charge in [0.05, 0.1) is 18.0 Å². The molecule has 5 nitrogen and oxygen atoms in total. The Balaban J connectivity index is 1.74. The van der Waals surface area contributed by atoms with E-state index in [1.165, 1.54) is 0 Å². The van der Waals surface area contributed by atoms with Gasteiger partial charge in [-0.1, -0.05) is 32.1 Å². The van der Waals surface area contributed by atoms with Crippen LogP contribution in [-0.2, 0) is 5.41 Å². The van der Waals surface area contributed by atoms with E-state index in [2.05, 4.69) is 42.8 Å². The van der Waals surface area contributed by atoms with Gasteiger partial charge in [-0.25, -0.2) is 9.50 Å². The standard InChI is InChI=1S/C14H22N4OS/c1-14(2,3)11-8-18-12(15-11)20-13(16-18)17(4)7-9-5-10(19)6-9/h8-10,19H,5-7H2,1-4H3. The van der Waals surface area contributed by atoms with E-state index < -0.39 is 0 Å². The fraction of sp³-hybridized carbons (Fsp3) is 0.714. The summed E-state index contributed by atoms with van der Waals surface area (Å²) in [6, 6.07) is 0. The number of anilines is 1. The first kappa shape index (κ1) is 13.8. The fourth-order valence-electron chi connectivity index (χ4n) is 2.52. The van der Waals surface area contributed by atoms with Crippen molar-refractivity contribution >= 4 is 21.4 Å². The first-order valence-electron chi connectivity index (χ1n) is 7.09. The fourth-order valence-corrected chi connectivity index (χ4v) is 3.37. The van der Waals surface area contributed by atoms with Gasteiger partial charge in [-0.15, -0.1) is 5.10 Å². The predicted molar refractivity (Wildman–Crippen MR) is 81.6 cm³/mol. The van der Waals surface area contributed by atoms with Crippen molar-refractivity contribution in [1.29, 1.82) is 0 Å². The minimum absolute atomic E-state index is 0.0571. The van der Waals surface area contributed by atoms with Crippen LogP contribution in [0.3, 0.4) is 0 Å². The Bertz CT molecular complexity index is 575. The molecule has 1 fully saturated rings. The lowest BCUT2D eigenvalue weighted by atomic mass is 9.82. The Morgan fingerprint density at radius 2 is 2.15 bits per heavy atom. The molecule has 2 heterocycles. The second-order valence-electron chi connectivity index (χ2n) is 6.86. The third-order valence-corrected chi connectivity index (χ3v) is 4.91. The van der Waals surface area contributed by atoms with Gasteiger partial charge >= 0.3 is 0 Å². The number of rotatable bonds is 3. The van der Waals surface area contributed by atoms with Crippen molar-refractivity contribution in [2.24, 2.45) is 5.92 Å². The Morgan fingerprint density at radius 1 is 1.45 bits per heavy atom. The Hall–Kier alpha value is -1.14. The normalized spacial score (nSPS) is 23.1. The molecule has 2 aromatic heterocycles. The van der Waals surface area contributed by atoms with Crippen molar-refractivity contribution in [2.75, 3.05) is 18.5 Å². The van der Waals surface area contributed by atoms with E-state index in [1.54, 1.807) is 11.3 Å². The van der Waals surface area contributed by atoms with E-state index >= 15 is 0 Å². The van der Waals surface area contributed by atoms with Gasteiger partial charge < -0.3 is 10.0 Å². The third-order valence-electron chi connectivity index (χ3n) is 3.87. The largest absolute Gasteiger partial charge is 0.393 e. The monoisotopic (exact) mass is 294 g/mol.